The normalized spacial score (nSPS) is 17.7. The fraction of sp³-hybridized carbons (Fsp3) is 0.500. The highest BCUT2D eigenvalue weighted by atomic mass is 16.6. The molecule has 0 saturated carbocycles. The summed E-state index contributed by atoms with van der Waals surface area (Å²) in [6, 6.07) is 15.5. The van der Waals surface area contributed by atoms with Gasteiger partial charge >= 0.3 is 12.2 Å². The van der Waals surface area contributed by atoms with Crippen LogP contribution in [0.25, 0.3) is 33.6 Å². The van der Waals surface area contributed by atoms with Crippen LogP contribution in [0.1, 0.15) is 103 Å². The second-order valence-electron chi connectivity index (χ2n) is 15.2. The van der Waals surface area contributed by atoms with E-state index in [0.29, 0.717) is 13.1 Å². The standard InChI is InChI=1S/C44H58N8O6/c1-7-27(8-2)37(50-44(56)57-6)41(53)51-23-11-13-35(51)39-46-25-33(48-39)31-19-15-29(16-20-31)30-17-21-32(22-18-30)34-26-47-40(49-34)36-14-12-24-52(36)42(54)38(28(9-3)10-4)58-43(55)45-5/h15-22,25-28,35-38H,7-14,23-24H2,1-6H3,(H,45,55)(H,46,48)(H,47,49)(H,50,56)/t35-,36-,37-,38-/m0/s1. The van der Waals surface area contributed by atoms with Gasteiger partial charge in [0.2, 0.25) is 5.91 Å². The van der Waals surface area contributed by atoms with Crippen LogP contribution in [0.2, 0.25) is 0 Å². The van der Waals surface area contributed by atoms with Crippen molar-refractivity contribution < 1.29 is 28.7 Å². The average molecular weight is 795 g/mol. The minimum absolute atomic E-state index is 0.00291. The lowest BCUT2D eigenvalue weighted by Crippen LogP contribution is -2.52. The van der Waals surface area contributed by atoms with E-state index in [9.17, 15) is 19.2 Å². The molecule has 0 aliphatic carbocycles. The van der Waals surface area contributed by atoms with E-state index >= 15 is 0 Å². The fourth-order valence-corrected chi connectivity index (χ4v) is 8.53. The number of rotatable bonds is 15. The lowest BCUT2D eigenvalue weighted by atomic mass is 9.93. The number of imidazole rings is 2. The van der Waals surface area contributed by atoms with Gasteiger partial charge in [0.05, 0.1) is 43.0 Å². The van der Waals surface area contributed by atoms with Gasteiger partial charge in [-0.15, -0.1) is 0 Å². The summed E-state index contributed by atoms with van der Waals surface area (Å²) in [7, 11) is 2.81. The zero-order chi connectivity index (χ0) is 41.3. The van der Waals surface area contributed by atoms with Gasteiger partial charge in [-0.3, -0.25) is 9.59 Å². The topological polar surface area (TPSA) is 175 Å². The summed E-state index contributed by atoms with van der Waals surface area (Å²) >= 11 is 0. The Labute approximate surface area is 340 Å². The third-order valence-electron chi connectivity index (χ3n) is 12.0. The van der Waals surface area contributed by atoms with Crippen LogP contribution in [-0.4, -0.2) is 93.1 Å². The van der Waals surface area contributed by atoms with E-state index in [0.717, 1.165) is 96.7 Å². The molecule has 0 spiro atoms. The summed E-state index contributed by atoms with van der Waals surface area (Å²) in [5.74, 6) is 1.10. The summed E-state index contributed by atoms with van der Waals surface area (Å²) in [6.45, 7) is 9.26. The third kappa shape index (κ3) is 9.05. The van der Waals surface area contributed by atoms with E-state index in [1.54, 1.807) is 0 Å². The van der Waals surface area contributed by atoms with Crippen molar-refractivity contribution in [2.45, 2.75) is 103 Å². The summed E-state index contributed by atoms with van der Waals surface area (Å²) in [5.41, 5.74) is 5.80. The predicted octanol–water partition coefficient (Wildman–Crippen LogP) is 7.78. The molecule has 310 valence electrons. The molecule has 0 bridgehead atoms. The Kier molecular flexibility index (Phi) is 13.9. The van der Waals surface area contributed by atoms with Gasteiger partial charge in [0.25, 0.3) is 5.91 Å². The number of nitrogens with zero attached hydrogens (tertiary/aromatic N) is 4. The van der Waals surface area contributed by atoms with Crippen LogP contribution in [0, 0.1) is 11.8 Å². The van der Waals surface area contributed by atoms with E-state index in [2.05, 4.69) is 69.1 Å². The Morgan fingerprint density at radius 1 is 0.690 bits per heavy atom. The van der Waals surface area contributed by atoms with E-state index in [1.807, 2.05) is 49.9 Å². The van der Waals surface area contributed by atoms with Gasteiger partial charge in [0.15, 0.2) is 6.10 Å². The number of H-pyrrole nitrogens is 2. The molecule has 2 aromatic carbocycles. The van der Waals surface area contributed by atoms with Crippen molar-refractivity contribution in [3.05, 3.63) is 72.6 Å². The zero-order valence-corrected chi connectivity index (χ0v) is 34.5. The molecule has 58 heavy (non-hydrogen) atoms. The highest BCUT2D eigenvalue weighted by molar-refractivity contribution is 5.87. The van der Waals surface area contributed by atoms with E-state index in [4.69, 9.17) is 19.4 Å². The van der Waals surface area contributed by atoms with Gasteiger partial charge in [-0.05, 0) is 66.7 Å². The molecular weight excluding hydrogens is 737 g/mol. The first-order valence-corrected chi connectivity index (χ1v) is 20.8. The van der Waals surface area contributed by atoms with Crippen LogP contribution in [-0.2, 0) is 19.1 Å². The highest BCUT2D eigenvalue weighted by Gasteiger charge is 2.41. The first-order valence-electron chi connectivity index (χ1n) is 20.8. The Bertz CT molecular complexity index is 1860. The number of benzene rings is 2. The molecule has 0 unspecified atom stereocenters. The number of ether oxygens (including phenoxy) is 2. The molecule has 4 heterocycles. The molecule has 2 aliphatic rings. The summed E-state index contributed by atoms with van der Waals surface area (Å²) < 4.78 is 10.5. The van der Waals surface area contributed by atoms with Crippen molar-refractivity contribution in [3.63, 3.8) is 0 Å². The predicted molar refractivity (Wildman–Crippen MR) is 221 cm³/mol. The molecular formula is C44H58N8O6. The molecule has 4 aromatic rings. The minimum Gasteiger partial charge on any atom is -0.453 e. The largest absolute Gasteiger partial charge is 0.453 e. The second-order valence-corrected chi connectivity index (χ2v) is 15.2. The number of aromatic amines is 2. The maximum absolute atomic E-state index is 13.9. The molecule has 2 aliphatic heterocycles. The number of alkyl carbamates (subject to hydrolysis) is 2. The molecule has 2 aromatic heterocycles. The monoisotopic (exact) mass is 794 g/mol. The second kappa shape index (κ2) is 19.2. The van der Waals surface area contributed by atoms with Crippen LogP contribution in [0.15, 0.2) is 60.9 Å². The van der Waals surface area contributed by atoms with Gasteiger partial charge in [0, 0.05) is 26.1 Å². The summed E-state index contributed by atoms with van der Waals surface area (Å²) in [6.07, 6.45) is 7.79. The van der Waals surface area contributed by atoms with Crippen molar-refractivity contribution in [1.82, 2.24) is 40.4 Å². The average Bonchev–Trinajstić information content (AvgIpc) is 4.10. The number of methoxy groups -OCH3 is 1. The number of likely N-dealkylation sites (tertiary alicyclic amines) is 2. The molecule has 0 radical (unpaired) electrons. The van der Waals surface area contributed by atoms with Crippen molar-refractivity contribution in [2.75, 3.05) is 27.2 Å². The number of carbonyl (C=O) groups is 4. The third-order valence-corrected chi connectivity index (χ3v) is 12.0. The van der Waals surface area contributed by atoms with Crippen LogP contribution in [0.3, 0.4) is 0 Å². The molecule has 2 fully saturated rings. The molecule has 4 amide bonds. The number of hydrogen-bond donors (Lipinski definition) is 4. The van der Waals surface area contributed by atoms with Gasteiger partial charge < -0.3 is 39.9 Å². The Hall–Kier alpha value is -5.66. The maximum atomic E-state index is 13.9. The molecule has 14 heteroatoms. The lowest BCUT2D eigenvalue weighted by molar-refractivity contribution is -0.144. The Balaban J connectivity index is 1.11. The van der Waals surface area contributed by atoms with Crippen molar-refractivity contribution in [3.8, 4) is 33.6 Å². The van der Waals surface area contributed by atoms with Gasteiger partial charge in [-0.25, -0.2) is 19.6 Å². The SMILES string of the molecule is CCC(CC)[C@H](NC(=O)OC)C(=O)N1CCC[C@H]1c1ncc(-c2ccc(-c3ccc(-c4cnc([C@@H]5CCCN5C(=O)[C@@H](OC(=O)NC)C(CC)CC)[nH]4)cc3)cc2)[nH]1. The van der Waals surface area contributed by atoms with Crippen LogP contribution >= 0.6 is 0 Å². The van der Waals surface area contributed by atoms with Gasteiger partial charge in [-0.2, -0.15) is 0 Å². The fourth-order valence-electron chi connectivity index (χ4n) is 8.53. The first kappa shape index (κ1) is 42.0. The lowest BCUT2D eigenvalue weighted by Gasteiger charge is -2.31. The summed E-state index contributed by atoms with van der Waals surface area (Å²) in [5, 5.41) is 5.28. The van der Waals surface area contributed by atoms with Crippen LogP contribution in [0.4, 0.5) is 9.59 Å². The number of amides is 4. The maximum Gasteiger partial charge on any atom is 0.407 e. The molecule has 2 saturated heterocycles. The van der Waals surface area contributed by atoms with E-state index in [-0.39, 0.29) is 35.7 Å². The van der Waals surface area contributed by atoms with Crippen LogP contribution < -0.4 is 10.6 Å². The highest BCUT2D eigenvalue weighted by Crippen LogP contribution is 2.36. The van der Waals surface area contributed by atoms with Crippen LogP contribution in [0.5, 0.6) is 0 Å². The zero-order valence-electron chi connectivity index (χ0n) is 34.5. The quantitative estimate of drug-likeness (QED) is 0.0944. The van der Waals surface area contributed by atoms with E-state index in [1.165, 1.54) is 14.2 Å². The number of carbonyl (C=O) groups excluding carboxylic acids is 4. The number of nitrogens with one attached hydrogen (secondary N) is 4. The Morgan fingerprint density at radius 3 is 1.57 bits per heavy atom. The van der Waals surface area contributed by atoms with E-state index < -0.39 is 24.3 Å². The first-order chi connectivity index (χ1) is 28.1. The molecule has 4 N–H and O–H groups in total. The molecule has 4 atom stereocenters. The minimum atomic E-state index is -0.847. The summed E-state index contributed by atoms with van der Waals surface area (Å²) in [4.78, 5) is 72.0. The van der Waals surface area contributed by atoms with Crippen molar-refractivity contribution >= 4 is 24.0 Å². The van der Waals surface area contributed by atoms with Crippen molar-refractivity contribution in [1.29, 1.82) is 0 Å². The molecule has 14 nitrogen and oxygen atoms in total. The van der Waals surface area contributed by atoms with Gasteiger partial charge in [0.1, 0.15) is 17.7 Å². The van der Waals surface area contributed by atoms with Gasteiger partial charge in [-0.1, -0.05) is 89.1 Å². The number of aromatic nitrogens is 4. The smallest absolute Gasteiger partial charge is 0.407 e. The number of hydrogen-bond acceptors (Lipinski definition) is 8. The Morgan fingerprint density at radius 2 is 1.14 bits per heavy atom. The van der Waals surface area contributed by atoms with Crippen molar-refractivity contribution in [2.24, 2.45) is 11.8 Å². The molecule has 6 rings (SSSR count).